The molecule has 0 atom stereocenters. The number of hydrogen-bond acceptors (Lipinski definition) is 3. The maximum Gasteiger partial charge on any atom is 0.123 e. The van der Waals surface area contributed by atoms with Gasteiger partial charge in [-0.1, -0.05) is 30.3 Å². The molecule has 0 aliphatic rings. The Balaban J connectivity index is 2.35. The van der Waals surface area contributed by atoms with Gasteiger partial charge in [-0.25, -0.2) is 0 Å². The predicted octanol–water partition coefficient (Wildman–Crippen LogP) is 3.00. The van der Waals surface area contributed by atoms with E-state index in [1.807, 2.05) is 30.3 Å². The first-order valence-electron chi connectivity index (χ1n) is 5.34. The molecule has 82 valence electrons. The van der Waals surface area contributed by atoms with Crippen LogP contribution < -0.4 is 0 Å². The molecule has 1 N–H and O–H groups in total. The molecule has 3 heteroatoms. The lowest BCUT2D eigenvalue weighted by Crippen LogP contribution is -1.86. The lowest BCUT2D eigenvalue weighted by molar-refractivity contribution is 0.477. The van der Waals surface area contributed by atoms with E-state index < -0.39 is 0 Å². The Morgan fingerprint density at radius 2 is 1.53 bits per heavy atom. The van der Waals surface area contributed by atoms with Crippen molar-refractivity contribution >= 4 is 11.0 Å². The SMILES string of the molecule is Oc1ccccc1-c1cccc2nccnc12. The van der Waals surface area contributed by atoms with Crippen LogP contribution in [0.1, 0.15) is 0 Å². The van der Waals surface area contributed by atoms with Gasteiger partial charge in [0.05, 0.1) is 11.0 Å². The van der Waals surface area contributed by atoms with Crippen LogP contribution in [0.15, 0.2) is 54.9 Å². The van der Waals surface area contributed by atoms with E-state index in [1.54, 1.807) is 24.5 Å². The third kappa shape index (κ3) is 1.61. The summed E-state index contributed by atoms with van der Waals surface area (Å²) in [6.07, 6.45) is 3.32. The normalized spacial score (nSPS) is 10.6. The van der Waals surface area contributed by atoms with Gasteiger partial charge in [0.2, 0.25) is 0 Å². The van der Waals surface area contributed by atoms with Crippen LogP contribution in [0.5, 0.6) is 5.75 Å². The molecule has 17 heavy (non-hydrogen) atoms. The average molecular weight is 222 g/mol. The third-order valence-corrected chi connectivity index (χ3v) is 2.69. The second kappa shape index (κ2) is 3.87. The predicted molar refractivity (Wildman–Crippen MR) is 66.6 cm³/mol. The maximum absolute atomic E-state index is 9.88. The molecule has 3 aromatic rings. The zero-order valence-corrected chi connectivity index (χ0v) is 9.04. The zero-order valence-electron chi connectivity index (χ0n) is 9.04. The van der Waals surface area contributed by atoms with E-state index in [2.05, 4.69) is 9.97 Å². The van der Waals surface area contributed by atoms with E-state index in [-0.39, 0.29) is 5.75 Å². The molecule has 0 bridgehead atoms. The Morgan fingerprint density at radius 3 is 2.41 bits per heavy atom. The number of phenolic OH excluding ortho intramolecular Hbond substituents is 1. The highest BCUT2D eigenvalue weighted by Gasteiger charge is 2.08. The van der Waals surface area contributed by atoms with Crippen LogP contribution >= 0.6 is 0 Å². The lowest BCUT2D eigenvalue weighted by Gasteiger charge is -2.06. The number of aromatic hydroxyl groups is 1. The van der Waals surface area contributed by atoms with Crippen molar-refractivity contribution < 1.29 is 5.11 Å². The summed E-state index contributed by atoms with van der Waals surface area (Å²) in [5.74, 6) is 0.255. The first kappa shape index (κ1) is 9.78. The summed E-state index contributed by atoms with van der Waals surface area (Å²) < 4.78 is 0. The molecule has 0 aliphatic heterocycles. The largest absolute Gasteiger partial charge is 0.507 e. The van der Waals surface area contributed by atoms with Gasteiger partial charge in [-0.2, -0.15) is 0 Å². The fourth-order valence-electron chi connectivity index (χ4n) is 1.91. The molecular weight excluding hydrogens is 212 g/mol. The van der Waals surface area contributed by atoms with Crippen LogP contribution in [0.2, 0.25) is 0 Å². The van der Waals surface area contributed by atoms with Gasteiger partial charge in [-0.3, -0.25) is 9.97 Å². The Morgan fingerprint density at radius 1 is 0.765 bits per heavy atom. The molecule has 0 saturated heterocycles. The van der Waals surface area contributed by atoms with E-state index in [0.29, 0.717) is 0 Å². The summed E-state index contributed by atoms with van der Waals surface area (Å²) in [7, 11) is 0. The number of para-hydroxylation sites is 2. The van der Waals surface area contributed by atoms with Crippen LogP contribution in [-0.4, -0.2) is 15.1 Å². The van der Waals surface area contributed by atoms with Gasteiger partial charge in [-0.05, 0) is 12.1 Å². The molecule has 2 aromatic carbocycles. The van der Waals surface area contributed by atoms with E-state index >= 15 is 0 Å². The van der Waals surface area contributed by atoms with Crippen molar-refractivity contribution in [3.63, 3.8) is 0 Å². The molecule has 0 amide bonds. The molecule has 0 fully saturated rings. The second-order valence-electron chi connectivity index (χ2n) is 3.75. The number of phenols is 1. The fraction of sp³-hybridized carbons (Fsp3) is 0. The Kier molecular flexibility index (Phi) is 2.22. The zero-order chi connectivity index (χ0) is 11.7. The summed E-state index contributed by atoms with van der Waals surface area (Å²) in [5, 5.41) is 9.88. The summed E-state index contributed by atoms with van der Waals surface area (Å²) in [4.78, 5) is 8.58. The smallest absolute Gasteiger partial charge is 0.123 e. The van der Waals surface area contributed by atoms with Gasteiger partial charge in [0.25, 0.3) is 0 Å². The van der Waals surface area contributed by atoms with Crippen LogP contribution in [0, 0.1) is 0 Å². The average Bonchev–Trinajstić information content (AvgIpc) is 2.39. The summed E-state index contributed by atoms with van der Waals surface area (Å²) in [6, 6.07) is 13.0. The summed E-state index contributed by atoms with van der Waals surface area (Å²) >= 11 is 0. The van der Waals surface area contributed by atoms with Crippen molar-refractivity contribution in [2.24, 2.45) is 0 Å². The minimum atomic E-state index is 0.255. The minimum absolute atomic E-state index is 0.255. The molecule has 0 unspecified atom stereocenters. The summed E-state index contributed by atoms with van der Waals surface area (Å²) in [6.45, 7) is 0. The van der Waals surface area contributed by atoms with Crippen molar-refractivity contribution in [3.8, 4) is 16.9 Å². The molecule has 0 aliphatic carbocycles. The Labute approximate surface area is 98.4 Å². The quantitative estimate of drug-likeness (QED) is 0.688. The van der Waals surface area contributed by atoms with E-state index in [1.165, 1.54) is 0 Å². The first-order valence-corrected chi connectivity index (χ1v) is 5.34. The van der Waals surface area contributed by atoms with E-state index in [4.69, 9.17) is 0 Å². The molecule has 3 rings (SSSR count). The minimum Gasteiger partial charge on any atom is -0.507 e. The van der Waals surface area contributed by atoms with Gasteiger partial charge < -0.3 is 5.11 Å². The third-order valence-electron chi connectivity index (χ3n) is 2.69. The number of benzene rings is 2. The molecular formula is C14H10N2O. The van der Waals surface area contributed by atoms with Gasteiger partial charge in [0.1, 0.15) is 5.75 Å². The number of hydrogen-bond donors (Lipinski definition) is 1. The van der Waals surface area contributed by atoms with Gasteiger partial charge in [0.15, 0.2) is 0 Å². The van der Waals surface area contributed by atoms with Gasteiger partial charge >= 0.3 is 0 Å². The molecule has 1 heterocycles. The topological polar surface area (TPSA) is 46.0 Å². The van der Waals surface area contributed by atoms with Crippen molar-refractivity contribution in [3.05, 3.63) is 54.9 Å². The Bertz CT molecular complexity index is 674. The van der Waals surface area contributed by atoms with Crippen LogP contribution in [-0.2, 0) is 0 Å². The highest BCUT2D eigenvalue weighted by atomic mass is 16.3. The highest BCUT2D eigenvalue weighted by Crippen LogP contribution is 2.32. The first-order chi connectivity index (χ1) is 8.36. The van der Waals surface area contributed by atoms with Crippen LogP contribution in [0.4, 0.5) is 0 Å². The van der Waals surface area contributed by atoms with Crippen LogP contribution in [0.25, 0.3) is 22.2 Å². The number of nitrogens with zero attached hydrogens (tertiary/aromatic N) is 2. The number of fused-ring (bicyclic) bond motifs is 1. The molecule has 0 spiro atoms. The second-order valence-corrected chi connectivity index (χ2v) is 3.75. The van der Waals surface area contributed by atoms with Gasteiger partial charge in [0, 0.05) is 23.5 Å². The monoisotopic (exact) mass is 222 g/mol. The van der Waals surface area contributed by atoms with Gasteiger partial charge in [-0.15, -0.1) is 0 Å². The maximum atomic E-state index is 9.88. The molecule has 0 saturated carbocycles. The van der Waals surface area contributed by atoms with Crippen molar-refractivity contribution in [1.29, 1.82) is 0 Å². The van der Waals surface area contributed by atoms with E-state index in [9.17, 15) is 5.11 Å². The molecule has 0 radical (unpaired) electrons. The van der Waals surface area contributed by atoms with Crippen molar-refractivity contribution in [1.82, 2.24) is 9.97 Å². The number of rotatable bonds is 1. The number of aromatic nitrogens is 2. The summed E-state index contributed by atoms with van der Waals surface area (Å²) in [5.41, 5.74) is 3.30. The fourth-order valence-corrected chi connectivity index (χ4v) is 1.91. The standard InChI is InChI=1S/C14H10N2O/c17-13-7-2-1-4-10(13)11-5-3-6-12-14(11)16-9-8-15-12/h1-9,17H. The molecule has 3 nitrogen and oxygen atoms in total. The highest BCUT2D eigenvalue weighted by molar-refractivity contribution is 5.92. The Hall–Kier alpha value is -2.42. The molecule has 1 aromatic heterocycles. The lowest BCUT2D eigenvalue weighted by atomic mass is 10.0. The van der Waals surface area contributed by atoms with Crippen LogP contribution in [0.3, 0.4) is 0 Å². The van der Waals surface area contributed by atoms with Crippen molar-refractivity contribution in [2.75, 3.05) is 0 Å². The van der Waals surface area contributed by atoms with E-state index in [0.717, 1.165) is 22.2 Å². The van der Waals surface area contributed by atoms with Crippen molar-refractivity contribution in [2.45, 2.75) is 0 Å².